The number of alkyl halides is 3. The third-order valence-corrected chi connectivity index (χ3v) is 4.73. The zero-order valence-corrected chi connectivity index (χ0v) is 12.6. The molecule has 0 saturated heterocycles. The highest BCUT2D eigenvalue weighted by Gasteiger charge is 2.41. The van der Waals surface area contributed by atoms with Crippen molar-refractivity contribution in [1.29, 1.82) is 0 Å². The van der Waals surface area contributed by atoms with Crippen LogP contribution in [0.15, 0.2) is 16.6 Å². The molecular formula is C14H13BrF4N2. The van der Waals surface area contributed by atoms with Gasteiger partial charge in [0.05, 0.1) is 21.4 Å². The predicted octanol–water partition coefficient (Wildman–Crippen LogP) is 5.30. The Morgan fingerprint density at radius 1 is 1.14 bits per heavy atom. The molecule has 1 N–H and O–H groups in total. The van der Waals surface area contributed by atoms with Crippen molar-refractivity contribution in [3.8, 4) is 0 Å². The molecule has 1 saturated carbocycles. The lowest BCUT2D eigenvalue weighted by Gasteiger charge is -2.28. The van der Waals surface area contributed by atoms with Gasteiger partial charge in [0, 0.05) is 12.0 Å². The lowest BCUT2D eigenvalue weighted by molar-refractivity contribution is -0.182. The van der Waals surface area contributed by atoms with E-state index in [1.807, 2.05) is 0 Å². The van der Waals surface area contributed by atoms with Gasteiger partial charge in [-0.15, -0.1) is 0 Å². The molecule has 0 atom stereocenters. The van der Waals surface area contributed by atoms with Crippen LogP contribution in [0.25, 0.3) is 11.0 Å². The number of nitrogens with one attached hydrogen (secondary N) is 1. The molecule has 2 aromatic rings. The highest BCUT2D eigenvalue weighted by Crippen LogP contribution is 2.42. The standard InChI is InChI=1S/C14H13BrF4N2/c15-9-5-11-12(6-10(9)16)21-13(20-11)7-1-3-8(4-2-7)14(17,18)19/h5-8H,1-4H2,(H,20,21). The Hall–Kier alpha value is -1.11. The van der Waals surface area contributed by atoms with E-state index in [0.29, 0.717) is 34.2 Å². The predicted molar refractivity (Wildman–Crippen MR) is 74.5 cm³/mol. The number of fused-ring (bicyclic) bond motifs is 1. The van der Waals surface area contributed by atoms with E-state index in [9.17, 15) is 17.6 Å². The summed E-state index contributed by atoms with van der Waals surface area (Å²) in [6.07, 6.45) is -2.94. The molecule has 1 aromatic heterocycles. The molecule has 21 heavy (non-hydrogen) atoms. The van der Waals surface area contributed by atoms with E-state index in [1.165, 1.54) is 6.07 Å². The Bertz CT molecular complexity index is 618. The zero-order chi connectivity index (χ0) is 15.2. The summed E-state index contributed by atoms with van der Waals surface area (Å²) in [5.74, 6) is -0.954. The summed E-state index contributed by atoms with van der Waals surface area (Å²) in [6, 6.07) is 2.92. The van der Waals surface area contributed by atoms with Crippen molar-refractivity contribution >= 4 is 27.0 Å². The van der Waals surface area contributed by atoms with E-state index >= 15 is 0 Å². The summed E-state index contributed by atoms with van der Waals surface area (Å²) in [5.41, 5.74) is 1.19. The molecule has 1 aliphatic rings. The highest BCUT2D eigenvalue weighted by molar-refractivity contribution is 9.10. The fourth-order valence-corrected chi connectivity index (χ4v) is 3.24. The monoisotopic (exact) mass is 364 g/mol. The van der Waals surface area contributed by atoms with Gasteiger partial charge in [-0.1, -0.05) is 0 Å². The van der Waals surface area contributed by atoms with Crippen LogP contribution in [0.2, 0.25) is 0 Å². The van der Waals surface area contributed by atoms with Crippen LogP contribution in [0.4, 0.5) is 17.6 Å². The van der Waals surface area contributed by atoms with Crippen molar-refractivity contribution in [3.63, 3.8) is 0 Å². The molecule has 0 amide bonds. The SMILES string of the molecule is Fc1cc2[nH]c(C3CCC(C(F)(F)F)CC3)nc2cc1Br. The number of hydrogen-bond acceptors (Lipinski definition) is 1. The van der Waals surface area contributed by atoms with Crippen molar-refractivity contribution < 1.29 is 17.6 Å². The molecule has 114 valence electrons. The first-order valence-corrected chi connectivity index (χ1v) is 7.55. The Morgan fingerprint density at radius 3 is 2.43 bits per heavy atom. The molecular weight excluding hydrogens is 352 g/mol. The first kappa shape index (κ1) is 14.8. The third-order valence-electron chi connectivity index (χ3n) is 4.12. The second-order valence-electron chi connectivity index (χ2n) is 5.50. The second-order valence-corrected chi connectivity index (χ2v) is 6.35. The van der Waals surface area contributed by atoms with E-state index in [0.717, 1.165) is 0 Å². The van der Waals surface area contributed by atoms with E-state index in [1.54, 1.807) is 6.07 Å². The minimum atomic E-state index is -4.10. The molecule has 2 nitrogen and oxygen atoms in total. The highest BCUT2D eigenvalue weighted by atomic mass is 79.9. The van der Waals surface area contributed by atoms with Crippen LogP contribution in [0.3, 0.4) is 0 Å². The largest absolute Gasteiger partial charge is 0.391 e. The number of hydrogen-bond donors (Lipinski definition) is 1. The Morgan fingerprint density at radius 2 is 1.81 bits per heavy atom. The van der Waals surface area contributed by atoms with E-state index in [4.69, 9.17) is 0 Å². The first-order chi connectivity index (χ1) is 9.84. The molecule has 0 aliphatic heterocycles. The number of imidazole rings is 1. The number of rotatable bonds is 1. The van der Waals surface area contributed by atoms with Gasteiger partial charge in [0.15, 0.2) is 0 Å². The van der Waals surface area contributed by atoms with Crippen molar-refractivity contribution in [2.24, 2.45) is 5.92 Å². The minimum Gasteiger partial charge on any atom is -0.342 e. The lowest BCUT2D eigenvalue weighted by Crippen LogP contribution is -2.27. The Kier molecular flexibility index (Phi) is 3.71. The maximum atomic E-state index is 13.5. The van der Waals surface area contributed by atoms with Crippen molar-refractivity contribution in [1.82, 2.24) is 9.97 Å². The summed E-state index contributed by atoms with van der Waals surface area (Å²) in [5, 5.41) is 0. The van der Waals surface area contributed by atoms with Gasteiger partial charge in [-0.25, -0.2) is 9.37 Å². The van der Waals surface area contributed by atoms with E-state index in [2.05, 4.69) is 25.9 Å². The summed E-state index contributed by atoms with van der Waals surface area (Å²) in [6.45, 7) is 0. The van der Waals surface area contributed by atoms with Crippen LogP contribution in [0, 0.1) is 11.7 Å². The smallest absolute Gasteiger partial charge is 0.342 e. The number of H-pyrrole nitrogens is 1. The van der Waals surface area contributed by atoms with Gasteiger partial charge in [0.2, 0.25) is 0 Å². The Labute approximate surface area is 127 Å². The summed E-state index contributed by atoms with van der Waals surface area (Å²) < 4.78 is 51.8. The lowest BCUT2D eigenvalue weighted by atomic mass is 9.81. The van der Waals surface area contributed by atoms with Gasteiger partial charge in [-0.05, 0) is 47.7 Å². The average Bonchev–Trinajstić information content (AvgIpc) is 2.81. The number of nitrogens with zero attached hydrogens (tertiary/aromatic N) is 1. The fraction of sp³-hybridized carbons (Fsp3) is 0.500. The molecule has 1 fully saturated rings. The molecule has 7 heteroatoms. The fourth-order valence-electron chi connectivity index (χ4n) is 2.91. The average molecular weight is 365 g/mol. The summed E-state index contributed by atoms with van der Waals surface area (Å²) in [7, 11) is 0. The minimum absolute atomic E-state index is 0.0159. The molecule has 0 unspecified atom stereocenters. The quantitative estimate of drug-likeness (QED) is 0.683. The molecule has 0 radical (unpaired) electrons. The van der Waals surface area contributed by atoms with Gasteiger partial charge in [-0.2, -0.15) is 13.2 Å². The second kappa shape index (κ2) is 5.26. The normalized spacial score (nSPS) is 23.7. The van der Waals surface area contributed by atoms with Gasteiger partial charge in [0.1, 0.15) is 11.6 Å². The van der Waals surface area contributed by atoms with Crippen LogP contribution >= 0.6 is 15.9 Å². The molecule has 1 aliphatic carbocycles. The summed E-state index contributed by atoms with van der Waals surface area (Å²) in [4.78, 5) is 7.43. The van der Waals surface area contributed by atoms with Crippen LogP contribution in [0.5, 0.6) is 0 Å². The Balaban J connectivity index is 1.79. The van der Waals surface area contributed by atoms with Gasteiger partial charge < -0.3 is 4.98 Å². The van der Waals surface area contributed by atoms with Crippen LogP contribution in [-0.4, -0.2) is 16.1 Å². The molecule has 3 rings (SSSR count). The van der Waals surface area contributed by atoms with Crippen molar-refractivity contribution in [3.05, 3.63) is 28.2 Å². The van der Waals surface area contributed by atoms with Gasteiger partial charge in [-0.3, -0.25) is 0 Å². The number of aromatic nitrogens is 2. The number of benzene rings is 1. The van der Waals surface area contributed by atoms with Crippen LogP contribution < -0.4 is 0 Å². The summed E-state index contributed by atoms with van der Waals surface area (Å²) >= 11 is 3.10. The van der Waals surface area contributed by atoms with Gasteiger partial charge >= 0.3 is 6.18 Å². The van der Waals surface area contributed by atoms with Crippen LogP contribution in [0.1, 0.15) is 37.4 Å². The number of aromatic amines is 1. The molecule has 1 aromatic carbocycles. The van der Waals surface area contributed by atoms with Crippen molar-refractivity contribution in [2.45, 2.75) is 37.8 Å². The molecule has 0 bridgehead atoms. The first-order valence-electron chi connectivity index (χ1n) is 6.76. The maximum absolute atomic E-state index is 13.5. The zero-order valence-electron chi connectivity index (χ0n) is 11.0. The maximum Gasteiger partial charge on any atom is 0.391 e. The third kappa shape index (κ3) is 2.93. The molecule has 0 spiro atoms. The van der Waals surface area contributed by atoms with Crippen LogP contribution in [-0.2, 0) is 0 Å². The van der Waals surface area contributed by atoms with Gasteiger partial charge in [0.25, 0.3) is 0 Å². The van der Waals surface area contributed by atoms with E-state index in [-0.39, 0.29) is 18.8 Å². The topological polar surface area (TPSA) is 28.7 Å². The number of halogens is 5. The van der Waals surface area contributed by atoms with Crippen molar-refractivity contribution in [2.75, 3.05) is 0 Å². The molecule has 1 heterocycles. The van der Waals surface area contributed by atoms with E-state index < -0.39 is 17.9 Å².